The molecule has 3 rings (SSSR count). The molecule has 9 amide bonds. The number of hydrogen-bond donors (Lipinski definition) is 18. The molecule has 3 heterocycles. The minimum Gasteiger partial charge on any atom is -0.394 e. The topological polar surface area (TPSA) is 599 Å². The summed E-state index contributed by atoms with van der Waals surface area (Å²) in [5.74, 6) is -4.92. The Morgan fingerprint density at radius 2 is 0.571 bits per heavy atom. The quantitative estimate of drug-likeness (QED) is 0.0262. The summed E-state index contributed by atoms with van der Waals surface area (Å²) in [5.41, 5.74) is 0. The van der Waals surface area contributed by atoms with Crippen molar-refractivity contribution in [2.45, 2.75) is 292 Å². The van der Waals surface area contributed by atoms with Crippen LogP contribution in [0.15, 0.2) is 0 Å². The molecule has 0 bridgehead atoms. The Labute approximate surface area is 739 Å². The zero-order valence-electron chi connectivity index (χ0n) is 74.5. The molecule has 3 aliphatic rings. The molecule has 0 saturated carbocycles. The van der Waals surface area contributed by atoms with Crippen LogP contribution in [-0.4, -0.2) is 393 Å². The molecule has 43 heteroatoms. The van der Waals surface area contributed by atoms with Crippen molar-refractivity contribution in [1.29, 1.82) is 0 Å². The van der Waals surface area contributed by atoms with Crippen LogP contribution in [0.5, 0.6) is 0 Å². The third-order valence-corrected chi connectivity index (χ3v) is 20.5. The maximum Gasteiger partial charge on any atom is 0.246 e. The number of hydrogen-bond acceptors (Lipinski definition) is 34. The zero-order chi connectivity index (χ0) is 92.5. The summed E-state index contributed by atoms with van der Waals surface area (Å²) in [6.07, 6.45) is 2.56. The lowest BCUT2D eigenvalue weighted by Gasteiger charge is -2.42. The van der Waals surface area contributed by atoms with E-state index in [1.54, 1.807) is 0 Å². The van der Waals surface area contributed by atoms with E-state index in [1.165, 1.54) is 85.5 Å². The van der Waals surface area contributed by atoms with Gasteiger partial charge in [0.05, 0.1) is 145 Å². The Morgan fingerprint density at radius 3 is 0.881 bits per heavy atom. The Kier molecular flexibility index (Phi) is 64.9. The smallest absolute Gasteiger partial charge is 0.246 e. The molecule has 18 atom stereocenters. The van der Waals surface area contributed by atoms with Gasteiger partial charge in [-0.2, -0.15) is 0 Å². The number of carbonyl (C=O) groups is 10. The lowest BCUT2D eigenvalue weighted by molar-refractivity contribution is -0.272. The molecule has 0 aliphatic carbocycles. The summed E-state index contributed by atoms with van der Waals surface area (Å²) in [4.78, 5) is 129. The lowest BCUT2D eigenvalue weighted by Crippen LogP contribution is -2.64. The van der Waals surface area contributed by atoms with Crippen molar-refractivity contribution in [3.05, 3.63) is 0 Å². The van der Waals surface area contributed by atoms with Crippen molar-refractivity contribution in [2.24, 2.45) is 0 Å². The Hall–Kier alpha value is -6.06. The van der Waals surface area contributed by atoms with Gasteiger partial charge in [0, 0.05) is 46.8 Å². The Balaban J connectivity index is 1.58. The van der Waals surface area contributed by atoms with E-state index in [0.717, 1.165) is 25.7 Å². The predicted molar refractivity (Wildman–Crippen MR) is 449 cm³/mol. The highest BCUT2D eigenvalue weighted by molar-refractivity contribution is 5.94. The highest BCUT2D eigenvalue weighted by atomic mass is 16.7. The lowest BCUT2D eigenvalue weighted by atomic mass is 9.97. The summed E-state index contributed by atoms with van der Waals surface area (Å²) < 4.78 is 83.3. The van der Waals surface area contributed by atoms with Gasteiger partial charge in [-0.3, -0.25) is 47.9 Å². The predicted octanol–water partition coefficient (Wildman–Crippen LogP) is -3.60. The van der Waals surface area contributed by atoms with Crippen LogP contribution < -0.4 is 47.9 Å². The summed E-state index contributed by atoms with van der Waals surface area (Å²) >= 11 is 0. The van der Waals surface area contributed by atoms with Crippen molar-refractivity contribution in [3.8, 4) is 0 Å². The average Bonchev–Trinajstić information content (AvgIpc) is 0.817. The molecule has 0 spiro atoms. The van der Waals surface area contributed by atoms with Gasteiger partial charge in [0.2, 0.25) is 53.2 Å². The van der Waals surface area contributed by atoms with E-state index in [9.17, 15) is 93.9 Å². The SMILES string of the molecule is CCCCCCCCCCCCCCCC(=O)NCCCC[C@@H](NC(=O)[C@H](CCCCNC(=O)COCCOCCOCCO[C@@H]1O[C@H](CO)[C@H](O)[C@H](O)[C@H]1NC(C)=O)NC(=O)[C@H](CCCCNC(=O)COCCOCCOCCO[C@@H]1O[C@H](CO)[C@H](O)[C@H](O)[C@H]1NC(C)=O)NC(=O)COCCOCCOCCO[C@@H]1O[C@H](CO)[C@H](O)[C@H](O)[C@H]1NC(C)=O)C(C)=O. The molecule has 0 aromatic heterocycles. The van der Waals surface area contributed by atoms with Gasteiger partial charge in [-0.15, -0.1) is 0 Å². The number of Topliss-reactive ketones (excluding diaryl/α,β-unsaturated/α-hetero) is 1. The van der Waals surface area contributed by atoms with Gasteiger partial charge in [-0.05, 0) is 71.1 Å². The van der Waals surface area contributed by atoms with Crippen LogP contribution in [0, 0.1) is 0 Å². The molecule has 3 aliphatic heterocycles. The van der Waals surface area contributed by atoms with Gasteiger partial charge in [-0.25, -0.2) is 0 Å². The fourth-order valence-corrected chi connectivity index (χ4v) is 13.6. The van der Waals surface area contributed by atoms with Crippen LogP contribution in [0.3, 0.4) is 0 Å². The number of unbranched alkanes of at least 4 members (excludes halogenated alkanes) is 15. The molecule has 0 unspecified atom stereocenters. The number of amides is 9. The third kappa shape index (κ3) is 51.5. The van der Waals surface area contributed by atoms with Crippen molar-refractivity contribution in [2.75, 3.05) is 178 Å². The number of aliphatic hydroxyl groups is 9. The fourth-order valence-electron chi connectivity index (χ4n) is 13.6. The van der Waals surface area contributed by atoms with Crippen LogP contribution >= 0.6 is 0 Å². The van der Waals surface area contributed by atoms with Crippen LogP contribution in [0.2, 0.25) is 0 Å². The fraction of sp³-hybridized carbons (Fsp3) is 0.880. The average molecular weight is 1820 g/mol. The minimum atomic E-state index is -1.48. The number of ketones is 1. The molecule has 18 N–H and O–H groups in total. The number of ether oxygens (including phenoxy) is 15. The molecular formula is C83H151N9O34. The van der Waals surface area contributed by atoms with Crippen LogP contribution in [0.1, 0.15) is 182 Å². The van der Waals surface area contributed by atoms with Crippen molar-refractivity contribution >= 4 is 58.9 Å². The van der Waals surface area contributed by atoms with Gasteiger partial charge >= 0.3 is 0 Å². The molecule has 0 aromatic rings. The largest absolute Gasteiger partial charge is 0.394 e. The number of carbonyl (C=O) groups excluding carboxylic acids is 10. The highest BCUT2D eigenvalue weighted by Gasteiger charge is 2.48. The second-order valence-corrected chi connectivity index (χ2v) is 31.1. The molecular weight excluding hydrogens is 1670 g/mol. The first kappa shape index (κ1) is 114. The first-order valence-corrected chi connectivity index (χ1v) is 44.7. The second-order valence-electron chi connectivity index (χ2n) is 31.1. The van der Waals surface area contributed by atoms with E-state index in [4.69, 9.17) is 71.1 Å². The van der Waals surface area contributed by atoms with Crippen molar-refractivity contribution in [3.63, 3.8) is 0 Å². The van der Waals surface area contributed by atoms with Gasteiger partial charge in [-0.1, -0.05) is 84.0 Å². The van der Waals surface area contributed by atoms with Crippen LogP contribution in [0.25, 0.3) is 0 Å². The second kappa shape index (κ2) is 71.7. The van der Waals surface area contributed by atoms with E-state index in [2.05, 4.69) is 54.8 Å². The Bertz CT molecular complexity index is 2950. The molecule has 732 valence electrons. The van der Waals surface area contributed by atoms with E-state index in [1.807, 2.05) is 0 Å². The maximum absolute atomic E-state index is 14.5. The van der Waals surface area contributed by atoms with Crippen molar-refractivity contribution < 1.29 is 165 Å². The summed E-state index contributed by atoms with van der Waals surface area (Å²) in [5, 5.41) is 115. The monoisotopic (exact) mass is 1820 g/mol. The van der Waals surface area contributed by atoms with E-state index in [-0.39, 0.29) is 189 Å². The first-order chi connectivity index (χ1) is 60.8. The van der Waals surface area contributed by atoms with Crippen molar-refractivity contribution in [1.82, 2.24) is 47.9 Å². The summed E-state index contributed by atoms with van der Waals surface area (Å²) in [6.45, 7) is 6.08. The standard InChI is InChI=1S/C83H151N9O34/c1-6-7-8-9-10-11-12-13-14-15-16-17-18-28-66(100)84-29-22-19-25-60(56(2)96)91-80(111)62(27-21-24-31-86-68(102)54-119-42-39-113-33-36-116-45-48-122-82-71(88-58(4)98)77(108)74(105)64(51-94)125-82)92-79(110)61(90-69(103)55-120-43-40-114-34-37-117-46-49-123-83-72(89-59(5)99)78(109)75(106)65(52-95)126-83)26-20-23-30-85-67(101)53-118-41-38-112-32-35-115-44-47-121-81-70(87-57(3)97)76(107)73(104)63(50-93)124-81/h60-65,70-78,81-83,93-95,104-109H,6-55H2,1-5H3,(H,84,100)(H,85,101)(H,86,102)(H,87,97)(H,88,98)(H,89,99)(H,90,103)(H,91,111)(H,92,110)/t60-,61+,62+,63-,64-,65-,70-,71-,72-,73+,74+,75+,76-,77-,78-,81-,82-,83-/m1/s1. The zero-order valence-corrected chi connectivity index (χ0v) is 74.5. The van der Waals surface area contributed by atoms with Gasteiger partial charge < -0.3 is 165 Å². The Morgan fingerprint density at radius 1 is 0.302 bits per heavy atom. The van der Waals surface area contributed by atoms with Gasteiger partial charge in [0.15, 0.2) is 24.7 Å². The minimum absolute atomic E-state index is 0.0135. The normalized spacial score (nSPS) is 23.1. The summed E-state index contributed by atoms with van der Waals surface area (Å²) in [6, 6.07) is -6.81. The molecule has 0 aromatic carbocycles. The maximum atomic E-state index is 14.5. The molecule has 126 heavy (non-hydrogen) atoms. The third-order valence-electron chi connectivity index (χ3n) is 20.5. The van der Waals surface area contributed by atoms with Crippen LogP contribution in [-0.2, 0) is 119 Å². The van der Waals surface area contributed by atoms with E-state index in [0.29, 0.717) is 38.6 Å². The highest BCUT2D eigenvalue weighted by Crippen LogP contribution is 2.26. The molecule has 3 fully saturated rings. The molecule has 0 radical (unpaired) electrons. The van der Waals surface area contributed by atoms with Crippen LogP contribution in [0.4, 0.5) is 0 Å². The van der Waals surface area contributed by atoms with Gasteiger partial charge in [0.1, 0.15) is 105 Å². The first-order valence-electron chi connectivity index (χ1n) is 44.7. The van der Waals surface area contributed by atoms with E-state index >= 15 is 0 Å². The molecule has 43 nitrogen and oxygen atoms in total. The van der Waals surface area contributed by atoms with E-state index < -0.39 is 184 Å². The summed E-state index contributed by atoms with van der Waals surface area (Å²) in [7, 11) is 0. The number of rotatable bonds is 77. The number of nitrogens with one attached hydrogen (secondary N) is 9. The number of aliphatic hydroxyl groups excluding tert-OH is 9. The molecule has 3 saturated heterocycles. The van der Waals surface area contributed by atoms with Gasteiger partial charge in [0.25, 0.3) is 0 Å².